The van der Waals surface area contributed by atoms with E-state index in [-0.39, 0.29) is 0 Å². The van der Waals surface area contributed by atoms with Gasteiger partial charge in [0.15, 0.2) is 11.5 Å². The van der Waals surface area contributed by atoms with Crippen LogP contribution in [-0.4, -0.2) is 29.0 Å². The normalized spacial score (nSPS) is 10.2. The predicted octanol–water partition coefficient (Wildman–Crippen LogP) is 1.87. The van der Waals surface area contributed by atoms with Crippen LogP contribution in [-0.2, 0) is 6.54 Å². The molecule has 0 fully saturated rings. The summed E-state index contributed by atoms with van der Waals surface area (Å²) in [5, 5.41) is 11.2. The number of anilines is 1. The van der Waals surface area contributed by atoms with Gasteiger partial charge < -0.3 is 14.8 Å². The van der Waals surface area contributed by atoms with E-state index in [0.29, 0.717) is 11.7 Å². The minimum atomic E-state index is 0.642. The van der Waals surface area contributed by atoms with Crippen LogP contribution in [0.25, 0.3) is 0 Å². The first-order valence-corrected chi connectivity index (χ1v) is 6.12. The zero-order chi connectivity index (χ0) is 13.0. The fourth-order valence-corrected chi connectivity index (χ4v) is 1.95. The lowest BCUT2D eigenvalue weighted by Crippen LogP contribution is -2.02. The Morgan fingerprint density at radius 1 is 1.22 bits per heavy atom. The third-order valence-corrected chi connectivity index (χ3v) is 3.13. The van der Waals surface area contributed by atoms with E-state index < -0.39 is 0 Å². The van der Waals surface area contributed by atoms with Crippen molar-refractivity contribution in [3.05, 3.63) is 23.3 Å². The molecule has 18 heavy (non-hydrogen) atoms. The first-order valence-electron chi connectivity index (χ1n) is 5.35. The maximum absolute atomic E-state index is 5.28. The number of aryl methyl sites for hydroxylation is 1. The van der Waals surface area contributed by atoms with Gasteiger partial charge in [0.2, 0.25) is 5.13 Å². The Balaban J connectivity index is 2.17. The first-order chi connectivity index (χ1) is 8.74. The third kappa shape index (κ3) is 2.67. The maximum atomic E-state index is 5.28. The molecule has 1 aromatic carbocycles. The van der Waals surface area contributed by atoms with Crippen molar-refractivity contribution < 1.29 is 9.47 Å². The van der Waals surface area contributed by atoms with E-state index in [1.807, 2.05) is 19.1 Å². The summed E-state index contributed by atoms with van der Waals surface area (Å²) in [5.41, 5.74) is 2.24. The van der Waals surface area contributed by atoms with Gasteiger partial charge in [0, 0.05) is 18.1 Å². The number of ether oxygens (including phenoxy) is 2. The number of methoxy groups -OCH3 is 2. The zero-order valence-corrected chi connectivity index (χ0v) is 11.2. The summed E-state index contributed by atoms with van der Waals surface area (Å²) in [7, 11) is 3.25. The van der Waals surface area contributed by atoms with E-state index in [9.17, 15) is 0 Å². The zero-order valence-electron chi connectivity index (χ0n) is 10.4. The molecule has 0 aliphatic heterocycles. The number of hydrogen-bond acceptors (Lipinski definition) is 7. The lowest BCUT2D eigenvalue weighted by atomic mass is 10.1. The van der Waals surface area contributed by atoms with Crippen molar-refractivity contribution in [3.8, 4) is 11.5 Å². The molecule has 0 aliphatic rings. The van der Waals surface area contributed by atoms with Crippen LogP contribution < -0.4 is 14.8 Å². The Morgan fingerprint density at radius 2 is 1.94 bits per heavy atom. The average molecular weight is 266 g/mol. The second-order valence-corrected chi connectivity index (χ2v) is 4.39. The molecule has 0 saturated heterocycles. The highest BCUT2D eigenvalue weighted by Gasteiger charge is 2.08. The fraction of sp³-hybridized carbons (Fsp3) is 0.364. The largest absolute Gasteiger partial charge is 0.493 e. The SMILES string of the molecule is COc1cc(C)c(CNc2nnns2)cc1OC. The summed E-state index contributed by atoms with van der Waals surface area (Å²) in [6, 6.07) is 3.91. The van der Waals surface area contributed by atoms with Gasteiger partial charge in [-0.1, -0.05) is 9.59 Å². The molecule has 0 spiro atoms. The molecule has 6 nitrogen and oxygen atoms in total. The molecular formula is C11H14N4O2S. The topological polar surface area (TPSA) is 69.2 Å². The minimum Gasteiger partial charge on any atom is -0.493 e. The summed E-state index contributed by atoms with van der Waals surface area (Å²) >= 11 is 1.23. The van der Waals surface area contributed by atoms with Gasteiger partial charge in [0.1, 0.15) is 0 Å². The summed E-state index contributed by atoms with van der Waals surface area (Å²) < 4.78 is 14.2. The molecule has 2 rings (SSSR count). The third-order valence-electron chi connectivity index (χ3n) is 2.57. The summed E-state index contributed by atoms with van der Waals surface area (Å²) in [6.07, 6.45) is 0. The molecule has 0 radical (unpaired) electrons. The Hall–Kier alpha value is -1.89. The van der Waals surface area contributed by atoms with E-state index in [1.54, 1.807) is 14.2 Å². The van der Waals surface area contributed by atoms with Crippen LogP contribution in [0, 0.1) is 6.92 Å². The lowest BCUT2D eigenvalue weighted by Gasteiger charge is -2.12. The second-order valence-electron chi connectivity index (χ2n) is 3.65. The van der Waals surface area contributed by atoms with E-state index in [1.165, 1.54) is 11.5 Å². The van der Waals surface area contributed by atoms with Crippen molar-refractivity contribution in [1.29, 1.82) is 0 Å². The highest BCUT2D eigenvalue weighted by molar-refractivity contribution is 7.09. The predicted molar refractivity (Wildman–Crippen MR) is 69.3 cm³/mol. The summed E-state index contributed by atoms with van der Waals surface area (Å²) in [4.78, 5) is 0. The van der Waals surface area contributed by atoms with Gasteiger partial charge in [-0.05, 0) is 35.4 Å². The van der Waals surface area contributed by atoms with E-state index in [4.69, 9.17) is 9.47 Å². The molecule has 0 saturated carbocycles. The standard InChI is InChI=1S/C11H14N4O2S/c1-7-4-9(16-2)10(17-3)5-8(7)6-12-11-13-14-15-18-11/h4-5H,6H2,1-3H3,(H,12,13,15). The molecule has 1 aromatic heterocycles. The van der Waals surface area contributed by atoms with Crippen molar-refractivity contribution in [2.75, 3.05) is 19.5 Å². The van der Waals surface area contributed by atoms with E-state index in [2.05, 4.69) is 20.1 Å². The van der Waals surface area contributed by atoms with Crippen LogP contribution in [0.2, 0.25) is 0 Å². The molecule has 0 atom stereocenters. The van der Waals surface area contributed by atoms with Gasteiger partial charge >= 0.3 is 0 Å². The van der Waals surface area contributed by atoms with Crippen LogP contribution in [0.15, 0.2) is 12.1 Å². The van der Waals surface area contributed by atoms with Crippen molar-refractivity contribution in [2.24, 2.45) is 0 Å². The Bertz CT molecular complexity index is 516. The summed E-state index contributed by atoms with van der Waals surface area (Å²) in [6.45, 7) is 2.67. The van der Waals surface area contributed by atoms with Gasteiger partial charge in [-0.3, -0.25) is 0 Å². The van der Waals surface area contributed by atoms with Crippen LogP contribution in [0.5, 0.6) is 11.5 Å². The van der Waals surface area contributed by atoms with Crippen LogP contribution in [0.3, 0.4) is 0 Å². The lowest BCUT2D eigenvalue weighted by molar-refractivity contribution is 0.354. The Kier molecular flexibility index (Phi) is 3.93. The maximum Gasteiger partial charge on any atom is 0.225 e. The van der Waals surface area contributed by atoms with Gasteiger partial charge in [-0.15, -0.1) is 0 Å². The highest BCUT2D eigenvalue weighted by Crippen LogP contribution is 2.30. The number of nitrogens with one attached hydrogen (secondary N) is 1. The van der Waals surface area contributed by atoms with Crippen molar-refractivity contribution >= 4 is 16.7 Å². The number of aromatic nitrogens is 3. The average Bonchev–Trinajstić information content (AvgIpc) is 2.90. The quantitative estimate of drug-likeness (QED) is 0.891. The Labute approximate surface area is 109 Å². The smallest absolute Gasteiger partial charge is 0.225 e. The van der Waals surface area contributed by atoms with Crippen LogP contribution in [0.4, 0.5) is 5.13 Å². The second kappa shape index (κ2) is 5.63. The number of benzene rings is 1. The van der Waals surface area contributed by atoms with E-state index in [0.717, 1.165) is 22.6 Å². The van der Waals surface area contributed by atoms with Crippen LogP contribution in [0.1, 0.15) is 11.1 Å². The Morgan fingerprint density at radius 3 is 2.56 bits per heavy atom. The highest BCUT2D eigenvalue weighted by atomic mass is 32.1. The molecule has 7 heteroatoms. The number of rotatable bonds is 5. The molecule has 2 aromatic rings. The van der Waals surface area contributed by atoms with Gasteiger partial charge in [0.25, 0.3) is 0 Å². The molecule has 96 valence electrons. The molecular weight excluding hydrogens is 252 g/mol. The molecule has 0 unspecified atom stereocenters. The molecule has 0 amide bonds. The number of hydrogen-bond donors (Lipinski definition) is 1. The van der Waals surface area contributed by atoms with Crippen molar-refractivity contribution in [3.63, 3.8) is 0 Å². The fourth-order valence-electron chi connectivity index (χ4n) is 1.59. The monoisotopic (exact) mass is 266 g/mol. The molecule has 1 N–H and O–H groups in total. The molecule has 1 heterocycles. The first kappa shape index (κ1) is 12.6. The molecule has 0 bridgehead atoms. The van der Waals surface area contributed by atoms with Gasteiger partial charge in [-0.25, -0.2) is 0 Å². The van der Waals surface area contributed by atoms with E-state index >= 15 is 0 Å². The van der Waals surface area contributed by atoms with Crippen molar-refractivity contribution in [1.82, 2.24) is 14.8 Å². The summed E-state index contributed by atoms with van der Waals surface area (Å²) in [5.74, 6) is 1.45. The van der Waals surface area contributed by atoms with Crippen molar-refractivity contribution in [2.45, 2.75) is 13.5 Å². The van der Waals surface area contributed by atoms with Gasteiger partial charge in [0.05, 0.1) is 14.2 Å². The number of nitrogens with zero attached hydrogens (tertiary/aromatic N) is 3. The molecule has 0 aliphatic carbocycles. The van der Waals surface area contributed by atoms with Crippen LogP contribution >= 0.6 is 11.5 Å². The van der Waals surface area contributed by atoms with Gasteiger partial charge in [-0.2, -0.15) is 0 Å². The minimum absolute atomic E-state index is 0.642.